The van der Waals surface area contributed by atoms with Gasteiger partial charge in [-0.05, 0) is 38.8 Å². The van der Waals surface area contributed by atoms with E-state index >= 15 is 0 Å². The van der Waals surface area contributed by atoms with Crippen molar-refractivity contribution in [2.45, 2.75) is 39.8 Å². The summed E-state index contributed by atoms with van der Waals surface area (Å²) in [7, 11) is -6.36. The molecule has 2 rings (SSSR count). The standard InChI is InChI=1S/C26H42N2O6P2/c1-5-31-35(29,32-6-2)21-19-27-25(23-15-11-9-12-16-23)26(24-17-13-10-14-18-24)28-20-22-36(30,33-7-3)34-8-4/h9-18,25-28H,5-8,19-22H2,1-4H3/t25-,26-/m0/s1. The Bertz CT molecular complexity index is 850. The lowest BCUT2D eigenvalue weighted by Crippen LogP contribution is -2.38. The van der Waals surface area contributed by atoms with Crippen molar-refractivity contribution in [1.82, 2.24) is 10.6 Å². The first-order chi connectivity index (χ1) is 17.4. The molecule has 0 unspecified atom stereocenters. The average Bonchev–Trinajstić information content (AvgIpc) is 2.87. The molecule has 0 aliphatic carbocycles. The summed E-state index contributed by atoms with van der Waals surface area (Å²) in [6, 6.07) is 19.9. The van der Waals surface area contributed by atoms with Gasteiger partial charge in [-0.1, -0.05) is 60.7 Å². The molecular weight excluding hydrogens is 498 g/mol. The zero-order valence-electron chi connectivity index (χ0n) is 21.9. The molecule has 0 aliphatic heterocycles. The summed E-state index contributed by atoms with van der Waals surface area (Å²) in [5, 5.41) is 7.16. The Morgan fingerprint density at radius 2 is 0.889 bits per heavy atom. The maximum Gasteiger partial charge on any atom is 0.331 e. The van der Waals surface area contributed by atoms with Gasteiger partial charge in [-0.15, -0.1) is 0 Å². The van der Waals surface area contributed by atoms with Crippen molar-refractivity contribution in [3.05, 3.63) is 71.8 Å². The lowest BCUT2D eigenvalue weighted by Gasteiger charge is -2.31. The number of rotatable bonds is 19. The number of nitrogens with one attached hydrogen (secondary N) is 2. The minimum Gasteiger partial charge on any atom is -0.309 e. The molecule has 0 heterocycles. The number of benzene rings is 2. The monoisotopic (exact) mass is 540 g/mol. The molecule has 0 radical (unpaired) electrons. The van der Waals surface area contributed by atoms with Crippen molar-refractivity contribution in [3.63, 3.8) is 0 Å². The quantitative estimate of drug-likeness (QED) is 0.204. The summed E-state index contributed by atoms with van der Waals surface area (Å²) in [5.41, 5.74) is 2.14. The SMILES string of the molecule is CCOP(=O)(CCN[C@@H](c1ccccc1)[C@@H](NCCP(=O)(OCC)OCC)c1ccccc1)OCC. The molecule has 2 aromatic rings. The first-order valence-corrected chi connectivity index (χ1v) is 16.2. The van der Waals surface area contributed by atoms with Crippen molar-refractivity contribution in [3.8, 4) is 0 Å². The third-order valence-electron chi connectivity index (χ3n) is 5.45. The smallest absolute Gasteiger partial charge is 0.309 e. The zero-order chi connectivity index (χ0) is 26.3. The predicted octanol–water partition coefficient (Wildman–Crippen LogP) is 6.18. The van der Waals surface area contributed by atoms with Crippen molar-refractivity contribution in [1.29, 1.82) is 0 Å². The second-order valence-electron chi connectivity index (χ2n) is 8.03. The van der Waals surface area contributed by atoms with Gasteiger partial charge >= 0.3 is 15.2 Å². The van der Waals surface area contributed by atoms with Gasteiger partial charge in [0.15, 0.2) is 0 Å². The van der Waals surface area contributed by atoms with Crippen LogP contribution < -0.4 is 10.6 Å². The summed E-state index contributed by atoms with van der Waals surface area (Å²) in [4.78, 5) is 0. The molecule has 0 aliphatic rings. The van der Waals surface area contributed by atoms with Crippen molar-refractivity contribution in [2.75, 3.05) is 51.8 Å². The zero-order valence-corrected chi connectivity index (χ0v) is 23.7. The number of hydrogen-bond donors (Lipinski definition) is 2. The van der Waals surface area contributed by atoms with Crippen LogP contribution in [0.25, 0.3) is 0 Å². The summed E-state index contributed by atoms with van der Waals surface area (Å²) < 4.78 is 47.9. The minimum absolute atomic E-state index is 0.163. The average molecular weight is 541 g/mol. The van der Waals surface area contributed by atoms with E-state index in [2.05, 4.69) is 34.9 Å². The molecule has 0 aromatic heterocycles. The fourth-order valence-electron chi connectivity index (χ4n) is 4.01. The molecule has 8 nitrogen and oxygen atoms in total. The maximum absolute atomic E-state index is 13.0. The van der Waals surface area contributed by atoms with Gasteiger partial charge < -0.3 is 28.7 Å². The molecule has 0 spiro atoms. The first kappa shape index (κ1) is 30.9. The van der Waals surface area contributed by atoms with E-state index in [0.717, 1.165) is 11.1 Å². The van der Waals surface area contributed by atoms with Crippen LogP contribution in [0.1, 0.15) is 50.9 Å². The molecule has 0 bridgehead atoms. The van der Waals surface area contributed by atoms with E-state index in [1.807, 2.05) is 64.1 Å². The van der Waals surface area contributed by atoms with Crippen LogP contribution in [0.3, 0.4) is 0 Å². The van der Waals surface area contributed by atoms with E-state index in [1.54, 1.807) is 0 Å². The second-order valence-corrected chi connectivity index (χ2v) is 12.4. The highest BCUT2D eigenvalue weighted by Crippen LogP contribution is 2.48. The molecular formula is C26H42N2O6P2. The fourth-order valence-corrected chi connectivity index (χ4v) is 7.06. The molecule has 36 heavy (non-hydrogen) atoms. The summed E-state index contributed by atoms with van der Waals surface area (Å²) in [6.07, 6.45) is 0.507. The van der Waals surface area contributed by atoms with Gasteiger partial charge in [-0.2, -0.15) is 0 Å². The summed E-state index contributed by atoms with van der Waals surface area (Å²) >= 11 is 0. The summed E-state index contributed by atoms with van der Waals surface area (Å²) in [6.45, 7) is 9.40. The van der Waals surface area contributed by atoms with Gasteiger partial charge in [-0.25, -0.2) is 0 Å². The fraction of sp³-hybridized carbons (Fsp3) is 0.538. The number of hydrogen-bond acceptors (Lipinski definition) is 8. The lowest BCUT2D eigenvalue weighted by molar-refractivity contribution is 0.217. The van der Waals surface area contributed by atoms with Gasteiger partial charge in [-0.3, -0.25) is 9.13 Å². The van der Waals surface area contributed by atoms with E-state index in [9.17, 15) is 9.13 Å². The van der Waals surface area contributed by atoms with E-state index in [4.69, 9.17) is 18.1 Å². The summed E-state index contributed by atoms with van der Waals surface area (Å²) in [5.74, 6) is 0. The first-order valence-electron chi connectivity index (χ1n) is 12.7. The van der Waals surface area contributed by atoms with Gasteiger partial charge in [0.2, 0.25) is 0 Å². The Labute approximate surface area is 216 Å². The third kappa shape index (κ3) is 10.2. The molecule has 202 valence electrons. The van der Waals surface area contributed by atoms with E-state index in [1.165, 1.54) is 0 Å². The highest BCUT2D eigenvalue weighted by Gasteiger charge is 2.29. The molecule has 0 saturated heterocycles. The molecule has 2 atom stereocenters. The van der Waals surface area contributed by atoms with Gasteiger partial charge in [0, 0.05) is 13.1 Å². The van der Waals surface area contributed by atoms with E-state index in [-0.39, 0.29) is 24.4 Å². The Hall–Kier alpha value is -1.34. The third-order valence-corrected chi connectivity index (χ3v) is 9.60. The molecule has 0 amide bonds. The van der Waals surface area contributed by atoms with Crippen LogP contribution in [0.15, 0.2) is 60.7 Å². The van der Waals surface area contributed by atoms with E-state index < -0.39 is 15.2 Å². The van der Waals surface area contributed by atoms with Crippen LogP contribution in [0.2, 0.25) is 0 Å². The Morgan fingerprint density at radius 1 is 0.583 bits per heavy atom. The van der Waals surface area contributed by atoms with Crippen LogP contribution >= 0.6 is 15.2 Å². The largest absolute Gasteiger partial charge is 0.331 e. The van der Waals surface area contributed by atoms with Gasteiger partial charge in [0.25, 0.3) is 0 Å². The van der Waals surface area contributed by atoms with Gasteiger partial charge in [0.1, 0.15) is 0 Å². The maximum atomic E-state index is 13.0. The highest BCUT2D eigenvalue weighted by atomic mass is 31.2. The normalized spacial score (nSPS) is 14.0. The van der Waals surface area contributed by atoms with Crippen molar-refractivity contribution >= 4 is 15.2 Å². The minimum atomic E-state index is -3.18. The highest BCUT2D eigenvalue weighted by molar-refractivity contribution is 7.54. The molecule has 0 saturated carbocycles. The van der Waals surface area contributed by atoms with Crippen LogP contribution in [0.4, 0.5) is 0 Å². The topological polar surface area (TPSA) is 95.1 Å². The van der Waals surface area contributed by atoms with Crippen LogP contribution in [-0.4, -0.2) is 51.8 Å². The van der Waals surface area contributed by atoms with E-state index in [0.29, 0.717) is 39.5 Å². The molecule has 2 aromatic carbocycles. The second kappa shape index (κ2) is 16.5. The van der Waals surface area contributed by atoms with Crippen LogP contribution in [0.5, 0.6) is 0 Å². The van der Waals surface area contributed by atoms with Gasteiger partial charge in [0.05, 0.1) is 50.8 Å². The Balaban J connectivity index is 2.27. The van der Waals surface area contributed by atoms with Crippen molar-refractivity contribution < 1.29 is 27.2 Å². The Kier molecular flexibility index (Phi) is 14.1. The Morgan fingerprint density at radius 3 is 1.17 bits per heavy atom. The lowest BCUT2D eigenvalue weighted by atomic mass is 9.93. The molecule has 0 fully saturated rings. The van der Waals surface area contributed by atoms with Crippen LogP contribution in [-0.2, 0) is 27.2 Å². The van der Waals surface area contributed by atoms with Crippen LogP contribution in [0, 0.1) is 0 Å². The predicted molar refractivity (Wildman–Crippen MR) is 146 cm³/mol. The molecule has 10 heteroatoms. The van der Waals surface area contributed by atoms with Crippen molar-refractivity contribution in [2.24, 2.45) is 0 Å². The molecule has 2 N–H and O–H groups in total.